The highest BCUT2D eigenvalue weighted by atomic mass is 16.3. The van der Waals surface area contributed by atoms with E-state index in [2.05, 4.69) is 42.1 Å². The predicted molar refractivity (Wildman–Crippen MR) is 106 cm³/mol. The van der Waals surface area contributed by atoms with Gasteiger partial charge in [0.15, 0.2) is 0 Å². The molecule has 4 nitrogen and oxygen atoms in total. The minimum atomic E-state index is -0.541. The maximum Gasteiger partial charge on any atom is 0.142 e. The summed E-state index contributed by atoms with van der Waals surface area (Å²) < 4.78 is 1.91. The molecule has 0 aliphatic rings. The lowest BCUT2D eigenvalue weighted by Crippen LogP contribution is -2.07. The minimum Gasteiger partial charge on any atom is -0.373 e. The van der Waals surface area contributed by atoms with E-state index in [0.717, 1.165) is 52.3 Å². The van der Waals surface area contributed by atoms with Gasteiger partial charge in [-0.25, -0.2) is 4.98 Å². The number of aromatic nitrogens is 3. The van der Waals surface area contributed by atoms with Gasteiger partial charge in [-0.3, -0.25) is 4.98 Å². The lowest BCUT2D eigenvalue weighted by molar-refractivity contribution is 0.0976. The number of aryl methyl sites for hydroxylation is 1. The standard InChI is InChI=1S/C22H23N3O/c1-3-7-20(26)25-14-15(4-2)21-18(10-11-23-22(21)25)17-12-16-8-5-6-9-19(16)24-13-17/h5-6,8-14,20,26H,3-4,7H2,1-2H3. The van der Waals surface area contributed by atoms with Crippen molar-refractivity contribution in [3.8, 4) is 11.1 Å². The molecule has 0 spiro atoms. The quantitative estimate of drug-likeness (QED) is 0.547. The molecule has 4 aromatic rings. The van der Waals surface area contributed by atoms with E-state index in [1.807, 2.05) is 41.2 Å². The van der Waals surface area contributed by atoms with Crippen LogP contribution in [0.1, 0.15) is 38.5 Å². The number of hydrogen-bond donors (Lipinski definition) is 1. The van der Waals surface area contributed by atoms with Crippen LogP contribution in [-0.4, -0.2) is 19.6 Å². The molecule has 3 aromatic heterocycles. The van der Waals surface area contributed by atoms with Crippen molar-refractivity contribution >= 4 is 21.9 Å². The van der Waals surface area contributed by atoms with Crippen molar-refractivity contribution in [2.75, 3.05) is 0 Å². The Bertz CT molecular complexity index is 1070. The Labute approximate surface area is 153 Å². The third-order valence-electron chi connectivity index (χ3n) is 4.94. The van der Waals surface area contributed by atoms with Crippen LogP contribution in [0.15, 0.2) is 55.0 Å². The van der Waals surface area contributed by atoms with Crippen LogP contribution in [0.5, 0.6) is 0 Å². The Morgan fingerprint density at radius 2 is 1.96 bits per heavy atom. The summed E-state index contributed by atoms with van der Waals surface area (Å²) in [6.45, 7) is 4.22. The second kappa shape index (κ2) is 6.89. The summed E-state index contributed by atoms with van der Waals surface area (Å²) in [7, 11) is 0. The van der Waals surface area contributed by atoms with Gasteiger partial charge in [0.1, 0.15) is 11.9 Å². The van der Waals surface area contributed by atoms with Crippen molar-refractivity contribution < 1.29 is 5.11 Å². The van der Waals surface area contributed by atoms with Gasteiger partial charge in [-0.2, -0.15) is 0 Å². The number of para-hydroxylation sites is 1. The van der Waals surface area contributed by atoms with Crippen LogP contribution in [0.25, 0.3) is 33.1 Å². The molecule has 4 rings (SSSR count). The summed E-state index contributed by atoms with van der Waals surface area (Å²) in [5.41, 5.74) is 5.23. The van der Waals surface area contributed by atoms with E-state index >= 15 is 0 Å². The zero-order chi connectivity index (χ0) is 18.1. The van der Waals surface area contributed by atoms with E-state index in [1.54, 1.807) is 0 Å². The molecular weight excluding hydrogens is 322 g/mol. The van der Waals surface area contributed by atoms with Gasteiger partial charge >= 0.3 is 0 Å². The molecule has 1 unspecified atom stereocenters. The third kappa shape index (κ3) is 2.76. The Kier molecular flexibility index (Phi) is 4.43. The van der Waals surface area contributed by atoms with Gasteiger partial charge in [0.25, 0.3) is 0 Å². The van der Waals surface area contributed by atoms with Gasteiger partial charge in [0.2, 0.25) is 0 Å². The highest BCUT2D eigenvalue weighted by Crippen LogP contribution is 2.34. The van der Waals surface area contributed by atoms with Gasteiger partial charge in [-0.1, -0.05) is 38.5 Å². The largest absolute Gasteiger partial charge is 0.373 e. The molecule has 0 aliphatic heterocycles. The first-order valence-electron chi connectivity index (χ1n) is 9.24. The molecule has 1 atom stereocenters. The average Bonchev–Trinajstić information content (AvgIpc) is 3.07. The van der Waals surface area contributed by atoms with Crippen molar-refractivity contribution in [3.05, 3.63) is 60.6 Å². The van der Waals surface area contributed by atoms with Crippen molar-refractivity contribution in [2.24, 2.45) is 0 Å². The number of hydrogen-bond acceptors (Lipinski definition) is 3. The average molecular weight is 345 g/mol. The van der Waals surface area contributed by atoms with Gasteiger partial charge in [-0.05, 0) is 42.2 Å². The molecule has 3 heterocycles. The van der Waals surface area contributed by atoms with E-state index < -0.39 is 6.23 Å². The zero-order valence-electron chi connectivity index (χ0n) is 15.2. The van der Waals surface area contributed by atoms with Crippen molar-refractivity contribution in [1.29, 1.82) is 0 Å². The molecule has 4 heteroatoms. The fourth-order valence-corrected chi connectivity index (χ4v) is 3.61. The number of nitrogens with zero attached hydrogens (tertiary/aromatic N) is 3. The van der Waals surface area contributed by atoms with Crippen molar-refractivity contribution in [2.45, 2.75) is 39.3 Å². The molecule has 0 amide bonds. The maximum absolute atomic E-state index is 10.5. The number of benzene rings is 1. The summed E-state index contributed by atoms with van der Waals surface area (Å²) in [5.74, 6) is 0. The smallest absolute Gasteiger partial charge is 0.142 e. The van der Waals surface area contributed by atoms with Crippen molar-refractivity contribution in [1.82, 2.24) is 14.5 Å². The molecular formula is C22H23N3O. The highest BCUT2D eigenvalue weighted by molar-refractivity contribution is 5.97. The molecule has 1 N–H and O–H groups in total. The number of aliphatic hydroxyl groups is 1. The molecule has 0 saturated carbocycles. The maximum atomic E-state index is 10.5. The van der Waals surface area contributed by atoms with Gasteiger partial charge in [0.05, 0.1) is 5.52 Å². The first kappa shape index (κ1) is 16.7. The second-order valence-corrected chi connectivity index (χ2v) is 6.66. The normalized spacial score (nSPS) is 12.7. The summed E-state index contributed by atoms with van der Waals surface area (Å²) >= 11 is 0. The number of aliphatic hydroxyl groups excluding tert-OH is 1. The Morgan fingerprint density at radius 3 is 2.77 bits per heavy atom. The third-order valence-corrected chi connectivity index (χ3v) is 4.94. The van der Waals surface area contributed by atoms with Crippen molar-refractivity contribution in [3.63, 3.8) is 0 Å². The zero-order valence-corrected chi connectivity index (χ0v) is 15.2. The van der Waals surface area contributed by atoms with E-state index in [-0.39, 0.29) is 0 Å². The highest BCUT2D eigenvalue weighted by Gasteiger charge is 2.17. The lowest BCUT2D eigenvalue weighted by atomic mass is 10.0. The predicted octanol–water partition coefficient (Wildman–Crippen LogP) is 5.10. The second-order valence-electron chi connectivity index (χ2n) is 6.66. The van der Waals surface area contributed by atoms with Crippen LogP contribution in [0.4, 0.5) is 0 Å². The summed E-state index contributed by atoms with van der Waals surface area (Å²) in [6.07, 6.45) is 7.79. The Hall–Kier alpha value is -2.72. The first-order valence-corrected chi connectivity index (χ1v) is 9.24. The fraction of sp³-hybridized carbons (Fsp3) is 0.273. The van der Waals surface area contributed by atoms with Crippen LogP contribution in [0, 0.1) is 0 Å². The van der Waals surface area contributed by atoms with E-state index in [9.17, 15) is 5.11 Å². The monoisotopic (exact) mass is 345 g/mol. The van der Waals surface area contributed by atoms with E-state index in [0.29, 0.717) is 0 Å². The number of pyridine rings is 2. The summed E-state index contributed by atoms with van der Waals surface area (Å²) in [5, 5.41) is 12.8. The van der Waals surface area contributed by atoms with Crippen LogP contribution in [-0.2, 0) is 6.42 Å². The fourth-order valence-electron chi connectivity index (χ4n) is 3.61. The molecule has 1 aromatic carbocycles. The molecule has 0 aliphatic carbocycles. The number of rotatable bonds is 5. The lowest BCUT2D eigenvalue weighted by Gasteiger charge is -2.12. The topological polar surface area (TPSA) is 50.9 Å². The Balaban J connectivity index is 1.94. The van der Waals surface area contributed by atoms with E-state index in [4.69, 9.17) is 0 Å². The molecule has 26 heavy (non-hydrogen) atoms. The molecule has 132 valence electrons. The van der Waals surface area contributed by atoms with E-state index in [1.165, 1.54) is 5.56 Å². The molecule has 0 saturated heterocycles. The van der Waals surface area contributed by atoms with Crippen LogP contribution in [0.2, 0.25) is 0 Å². The van der Waals surface area contributed by atoms with Crippen LogP contribution in [0.3, 0.4) is 0 Å². The summed E-state index contributed by atoms with van der Waals surface area (Å²) in [4.78, 5) is 9.20. The van der Waals surface area contributed by atoms with Gasteiger partial charge in [0, 0.05) is 34.9 Å². The Morgan fingerprint density at radius 1 is 1.12 bits per heavy atom. The van der Waals surface area contributed by atoms with Gasteiger partial charge < -0.3 is 9.67 Å². The molecule has 0 radical (unpaired) electrons. The van der Waals surface area contributed by atoms with Gasteiger partial charge in [-0.15, -0.1) is 0 Å². The van der Waals surface area contributed by atoms with Crippen LogP contribution >= 0.6 is 0 Å². The minimum absolute atomic E-state index is 0.541. The summed E-state index contributed by atoms with van der Waals surface area (Å²) in [6, 6.07) is 12.4. The molecule has 0 bridgehead atoms. The number of fused-ring (bicyclic) bond motifs is 2. The SMILES string of the molecule is CCCC(O)n1cc(CC)c2c(-c3cnc4ccccc4c3)ccnc21. The first-order chi connectivity index (χ1) is 12.7. The molecule has 0 fully saturated rings. The van der Waals surface area contributed by atoms with Crippen LogP contribution < -0.4 is 0 Å².